The Morgan fingerprint density at radius 1 is 1.35 bits per heavy atom. The third-order valence-electron chi connectivity index (χ3n) is 3.08. The molecule has 0 amide bonds. The van der Waals surface area contributed by atoms with Crippen molar-refractivity contribution >= 4 is 46.2 Å². The van der Waals surface area contributed by atoms with Crippen LogP contribution in [0.2, 0.25) is 10.0 Å². The Morgan fingerprint density at radius 3 is 2.78 bits per heavy atom. The number of benzene rings is 1. The van der Waals surface area contributed by atoms with Crippen LogP contribution in [0.1, 0.15) is 12.0 Å². The molecule has 5 nitrogen and oxygen atoms in total. The van der Waals surface area contributed by atoms with Gasteiger partial charge in [0.1, 0.15) is 0 Å². The minimum Gasteiger partial charge on any atom is -0.385 e. The van der Waals surface area contributed by atoms with Crippen molar-refractivity contribution in [1.82, 2.24) is 15.1 Å². The highest BCUT2D eigenvalue weighted by Crippen LogP contribution is 2.25. The third kappa shape index (κ3) is 5.66. The maximum atomic E-state index is 6.17. The number of hydrogen-bond donors (Lipinski definition) is 2. The van der Waals surface area contributed by atoms with Crippen LogP contribution < -0.4 is 10.6 Å². The van der Waals surface area contributed by atoms with Crippen LogP contribution in [-0.4, -0.2) is 35.2 Å². The summed E-state index contributed by atoms with van der Waals surface area (Å²) in [6.45, 7) is 1.95. The Balaban J connectivity index is 1.89. The predicted octanol–water partition coefficient (Wildman–Crippen LogP) is 3.56. The molecule has 1 heterocycles. The van der Waals surface area contributed by atoms with Gasteiger partial charge in [-0.15, -0.1) is 0 Å². The summed E-state index contributed by atoms with van der Waals surface area (Å²) < 4.78 is 6.74. The maximum Gasteiger partial charge on any atom is 0.170 e. The van der Waals surface area contributed by atoms with Gasteiger partial charge < -0.3 is 15.4 Å². The Labute approximate surface area is 150 Å². The summed E-state index contributed by atoms with van der Waals surface area (Å²) in [5.74, 6) is 0. The standard InChI is InChI=1S/C15H18Cl2N4OS/c1-22-7-3-6-18-15(23)20-11-8-19-21(9-11)10-12-13(16)4-2-5-14(12)17/h2,4-5,8-9H,3,6-7,10H2,1H3,(H2,18,20,23). The molecule has 2 aromatic rings. The first kappa shape index (κ1) is 18.0. The van der Waals surface area contributed by atoms with Crippen LogP contribution in [0, 0.1) is 0 Å². The Hall–Kier alpha value is -1.34. The molecule has 0 saturated heterocycles. The number of hydrogen-bond acceptors (Lipinski definition) is 3. The second-order valence-corrected chi connectivity index (χ2v) is 6.08. The summed E-state index contributed by atoms with van der Waals surface area (Å²) in [5.41, 5.74) is 1.64. The SMILES string of the molecule is COCCCNC(=S)Nc1cnn(Cc2c(Cl)cccc2Cl)c1. The highest BCUT2D eigenvalue weighted by atomic mass is 35.5. The van der Waals surface area contributed by atoms with Crippen LogP contribution in [0.3, 0.4) is 0 Å². The number of thiocarbonyl (C=S) groups is 1. The van der Waals surface area contributed by atoms with Gasteiger partial charge in [0, 0.05) is 42.1 Å². The minimum atomic E-state index is 0.494. The summed E-state index contributed by atoms with van der Waals surface area (Å²) in [6.07, 6.45) is 4.44. The van der Waals surface area contributed by atoms with Gasteiger partial charge in [-0.1, -0.05) is 29.3 Å². The number of methoxy groups -OCH3 is 1. The van der Waals surface area contributed by atoms with E-state index in [2.05, 4.69) is 15.7 Å². The molecule has 0 unspecified atom stereocenters. The van der Waals surface area contributed by atoms with Gasteiger partial charge in [0.15, 0.2) is 5.11 Å². The molecule has 2 N–H and O–H groups in total. The van der Waals surface area contributed by atoms with Crippen LogP contribution in [0.15, 0.2) is 30.6 Å². The second-order valence-electron chi connectivity index (χ2n) is 4.85. The number of halogens is 2. The lowest BCUT2D eigenvalue weighted by molar-refractivity contribution is 0.196. The van der Waals surface area contributed by atoms with Gasteiger partial charge in [0.25, 0.3) is 0 Å². The van der Waals surface area contributed by atoms with Crippen molar-refractivity contribution in [3.05, 3.63) is 46.2 Å². The maximum absolute atomic E-state index is 6.17. The van der Waals surface area contributed by atoms with Gasteiger partial charge in [-0.2, -0.15) is 5.10 Å². The topological polar surface area (TPSA) is 51.1 Å². The lowest BCUT2D eigenvalue weighted by Crippen LogP contribution is -2.29. The van der Waals surface area contributed by atoms with Crippen molar-refractivity contribution in [2.24, 2.45) is 0 Å². The molecule has 0 radical (unpaired) electrons. The normalized spacial score (nSPS) is 10.6. The van der Waals surface area contributed by atoms with E-state index in [4.69, 9.17) is 40.2 Å². The summed E-state index contributed by atoms with van der Waals surface area (Å²) >= 11 is 17.6. The minimum absolute atomic E-state index is 0.494. The van der Waals surface area contributed by atoms with Crippen LogP contribution in [0.4, 0.5) is 5.69 Å². The second kappa shape index (κ2) is 9.08. The van der Waals surface area contributed by atoms with E-state index >= 15 is 0 Å². The molecule has 1 aromatic heterocycles. The summed E-state index contributed by atoms with van der Waals surface area (Å²) in [6, 6.07) is 5.44. The number of nitrogens with one attached hydrogen (secondary N) is 2. The Kier molecular flexibility index (Phi) is 7.11. The first-order valence-electron chi connectivity index (χ1n) is 7.09. The number of ether oxygens (including phenoxy) is 1. The number of rotatable bonds is 7. The van der Waals surface area contributed by atoms with Gasteiger partial charge in [0.2, 0.25) is 0 Å². The number of aromatic nitrogens is 2. The van der Waals surface area contributed by atoms with E-state index in [0.29, 0.717) is 28.3 Å². The average Bonchev–Trinajstić information content (AvgIpc) is 2.95. The molecular formula is C15H18Cl2N4OS. The van der Waals surface area contributed by atoms with E-state index in [9.17, 15) is 0 Å². The van der Waals surface area contributed by atoms with Gasteiger partial charge in [-0.3, -0.25) is 4.68 Å². The zero-order chi connectivity index (χ0) is 16.7. The molecule has 23 heavy (non-hydrogen) atoms. The zero-order valence-corrected chi connectivity index (χ0v) is 15.0. The number of anilines is 1. The molecule has 0 aliphatic heterocycles. The first-order valence-corrected chi connectivity index (χ1v) is 8.25. The van der Waals surface area contributed by atoms with E-state index in [1.165, 1.54) is 0 Å². The van der Waals surface area contributed by atoms with Crippen LogP contribution in [0.5, 0.6) is 0 Å². The van der Waals surface area contributed by atoms with E-state index < -0.39 is 0 Å². The lowest BCUT2D eigenvalue weighted by Gasteiger charge is -2.08. The molecule has 8 heteroatoms. The zero-order valence-electron chi connectivity index (χ0n) is 12.7. The van der Waals surface area contributed by atoms with Crippen molar-refractivity contribution in [3.63, 3.8) is 0 Å². The van der Waals surface area contributed by atoms with E-state index in [-0.39, 0.29) is 0 Å². The fraction of sp³-hybridized carbons (Fsp3) is 0.333. The van der Waals surface area contributed by atoms with E-state index in [0.717, 1.165) is 24.2 Å². The van der Waals surface area contributed by atoms with E-state index in [1.807, 2.05) is 24.4 Å². The molecule has 0 bridgehead atoms. The average molecular weight is 373 g/mol. The molecular weight excluding hydrogens is 355 g/mol. The van der Waals surface area contributed by atoms with Crippen molar-refractivity contribution < 1.29 is 4.74 Å². The molecule has 0 fully saturated rings. The van der Waals surface area contributed by atoms with Crippen molar-refractivity contribution in [2.45, 2.75) is 13.0 Å². The van der Waals surface area contributed by atoms with Crippen LogP contribution in [0.25, 0.3) is 0 Å². The molecule has 124 valence electrons. The van der Waals surface area contributed by atoms with E-state index in [1.54, 1.807) is 18.0 Å². The molecule has 0 atom stereocenters. The Morgan fingerprint density at radius 2 is 2.09 bits per heavy atom. The van der Waals surface area contributed by atoms with Gasteiger partial charge in [-0.05, 0) is 30.8 Å². The molecule has 0 saturated carbocycles. The summed E-state index contributed by atoms with van der Waals surface area (Å²) in [7, 11) is 1.68. The largest absolute Gasteiger partial charge is 0.385 e. The molecule has 2 rings (SSSR count). The number of nitrogens with zero attached hydrogens (tertiary/aromatic N) is 2. The lowest BCUT2D eigenvalue weighted by atomic mass is 10.2. The monoisotopic (exact) mass is 372 g/mol. The first-order chi connectivity index (χ1) is 11.1. The predicted molar refractivity (Wildman–Crippen MR) is 98.5 cm³/mol. The van der Waals surface area contributed by atoms with Gasteiger partial charge in [-0.25, -0.2) is 0 Å². The summed E-state index contributed by atoms with van der Waals surface area (Å²) in [4.78, 5) is 0. The van der Waals surface area contributed by atoms with Crippen molar-refractivity contribution in [1.29, 1.82) is 0 Å². The van der Waals surface area contributed by atoms with Crippen LogP contribution in [-0.2, 0) is 11.3 Å². The third-order valence-corrected chi connectivity index (χ3v) is 4.04. The molecule has 0 aliphatic rings. The molecule has 1 aromatic carbocycles. The van der Waals surface area contributed by atoms with Crippen LogP contribution >= 0.6 is 35.4 Å². The van der Waals surface area contributed by atoms with Crippen molar-refractivity contribution in [3.8, 4) is 0 Å². The molecule has 0 aliphatic carbocycles. The highest BCUT2D eigenvalue weighted by molar-refractivity contribution is 7.80. The fourth-order valence-corrected chi connectivity index (χ4v) is 2.69. The smallest absolute Gasteiger partial charge is 0.170 e. The van der Waals surface area contributed by atoms with Gasteiger partial charge >= 0.3 is 0 Å². The molecule has 0 spiro atoms. The Bertz CT molecular complexity index is 642. The summed E-state index contributed by atoms with van der Waals surface area (Å²) in [5, 5.41) is 12.3. The highest BCUT2D eigenvalue weighted by Gasteiger charge is 2.08. The quantitative estimate of drug-likeness (QED) is 0.574. The van der Waals surface area contributed by atoms with Crippen molar-refractivity contribution in [2.75, 3.05) is 25.6 Å². The fourth-order valence-electron chi connectivity index (χ4n) is 1.95. The van der Waals surface area contributed by atoms with Gasteiger partial charge in [0.05, 0.1) is 18.4 Å².